The Kier molecular flexibility index (Phi) is 3.41. The Morgan fingerprint density at radius 1 is 1.33 bits per heavy atom. The molecule has 1 aromatic rings. The SMILES string of the molecule is COc1ccc(NC(C)C2CC2)c(C(F)(F)F)c1. The Hall–Kier alpha value is -1.39. The van der Waals surface area contributed by atoms with Crippen LogP contribution >= 0.6 is 0 Å². The van der Waals surface area contributed by atoms with Gasteiger partial charge >= 0.3 is 6.18 Å². The highest BCUT2D eigenvalue weighted by molar-refractivity contribution is 5.56. The molecule has 0 amide bonds. The summed E-state index contributed by atoms with van der Waals surface area (Å²) in [6.07, 6.45) is -2.20. The third-order valence-electron chi connectivity index (χ3n) is 3.24. The summed E-state index contributed by atoms with van der Waals surface area (Å²) in [5.41, 5.74) is -0.544. The molecule has 1 atom stereocenters. The van der Waals surface area contributed by atoms with E-state index in [1.807, 2.05) is 6.92 Å². The Morgan fingerprint density at radius 3 is 2.50 bits per heavy atom. The number of halogens is 3. The monoisotopic (exact) mass is 259 g/mol. The maximum Gasteiger partial charge on any atom is 0.418 e. The van der Waals surface area contributed by atoms with Crippen LogP contribution in [0.15, 0.2) is 18.2 Å². The number of rotatable bonds is 4. The fourth-order valence-corrected chi connectivity index (χ4v) is 1.97. The van der Waals surface area contributed by atoms with E-state index in [-0.39, 0.29) is 17.5 Å². The van der Waals surface area contributed by atoms with E-state index in [0.717, 1.165) is 18.9 Å². The number of nitrogens with one attached hydrogen (secondary N) is 1. The first-order chi connectivity index (χ1) is 8.41. The largest absolute Gasteiger partial charge is 0.497 e. The molecule has 2 rings (SSSR count). The van der Waals surface area contributed by atoms with Crippen LogP contribution in [0.3, 0.4) is 0 Å². The lowest BCUT2D eigenvalue weighted by molar-refractivity contribution is -0.137. The zero-order valence-corrected chi connectivity index (χ0v) is 10.3. The molecule has 1 saturated carbocycles. The van der Waals surface area contributed by atoms with Crippen LogP contribution in [0, 0.1) is 5.92 Å². The molecule has 0 heterocycles. The minimum Gasteiger partial charge on any atom is -0.497 e. The van der Waals surface area contributed by atoms with Crippen molar-refractivity contribution in [1.29, 1.82) is 0 Å². The van der Waals surface area contributed by atoms with Crippen LogP contribution < -0.4 is 10.1 Å². The van der Waals surface area contributed by atoms with Gasteiger partial charge in [-0.05, 0) is 43.9 Å². The smallest absolute Gasteiger partial charge is 0.418 e. The highest BCUT2D eigenvalue weighted by atomic mass is 19.4. The fourth-order valence-electron chi connectivity index (χ4n) is 1.97. The molecule has 0 saturated heterocycles. The van der Waals surface area contributed by atoms with Crippen LogP contribution in [-0.2, 0) is 6.18 Å². The van der Waals surface area contributed by atoms with Crippen molar-refractivity contribution >= 4 is 5.69 Å². The van der Waals surface area contributed by atoms with Gasteiger partial charge in [0.05, 0.1) is 12.7 Å². The van der Waals surface area contributed by atoms with Crippen LogP contribution in [0.1, 0.15) is 25.3 Å². The summed E-state index contributed by atoms with van der Waals surface area (Å²) in [6, 6.07) is 4.07. The lowest BCUT2D eigenvalue weighted by atomic mass is 10.1. The van der Waals surface area contributed by atoms with E-state index in [1.165, 1.54) is 19.2 Å². The molecular weight excluding hydrogens is 243 g/mol. The Labute approximate surface area is 104 Å². The van der Waals surface area contributed by atoms with Crippen molar-refractivity contribution in [2.24, 2.45) is 5.92 Å². The van der Waals surface area contributed by atoms with E-state index in [4.69, 9.17) is 4.74 Å². The summed E-state index contributed by atoms with van der Waals surface area (Å²) in [5, 5.41) is 2.95. The Bertz CT molecular complexity index is 427. The van der Waals surface area contributed by atoms with Gasteiger partial charge in [-0.15, -0.1) is 0 Å². The van der Waals surface area contributed by atoms with E-state index in [1.54, 1.807) is 0 Å². The summed E-state index contributed by atoms with van der Waals surface area (Å²) in [7, 11) is 1.36. The molecule has 0 radical (unpaired) electrons. The van der Waals surface area contributed by atoms with Crippen molar-refractivity contribution in [2.45, 2.75) is 32.0 Å². The Morgan fingerprint density at radius 2 is 2.00 bits per heavy atom. The van der Waals surface area contributed by atoms with Gasteiger partial charge in [0.15, 0.2) is 0 Å². The van der Waals surface area contributed by atoms with Gasteiger partial charge in [0.25, 0.3) is 0 Å². The number of anilines is 1. The molecule has 1 aromatic carbocycles. The molecular formula is C13H16F3NO. The molecule has 100 valence electrons. The third kappa shape index (κ3) is 2.89. The van der Waals surface area contributed by atoms with Crippen molar-refractivity contribution < 1.29 is 17.9 Å². The van der Waals surface area contributed by atoms with E-state index in [0.29, 0.717) is 5.92 Å². The van der Waals surface area contributed by atoms with Crippen molar-refractivity contribution in [3.8, 4) is 5.75 Å². The topological polar surface area (TPSA) is 21.3 Å². The number of ether oxygens (including phenoxy) is 1. The first kappa shape index (κ1) is 13.1. The average Bonchev–Trinajstić information content (AvgIpc) is 3.11. The van der Waals surface area contributed by atoms with Crippen molar-refractivity contribution in [2.75, 3.05) is 12.4 Å². The van der Waals surface area contributed by atoms with Crippen LogP contribution in [0.5, 0.6) is 5.75 Å². The van der Waals surface area contributed by atoms with Crippen LogP contribution in [0.2, 0.25) is 0 Å². The average molecular weight is 259 g/mol. The van der Waals surface area contributed by atoms with E-state index in [2.05, 4.69) is 5.32 Å². The van der Waals surface area contributed by atoms with Crippen LogP contribution in [0.25, 0.3) is 0 Å². The molecule has 0 spiro atoms. The van der Waals surface area contributed by atoms with E-state index >= 15 is 0 Å². The summed E-state index contributed by atoms with van der Waals surface area (Å²) >= 11 is 0. The summed E-state index contributed by atoms with van der Waals surface area (Å²) in [5.74, 6) is 0.708. The second kappa shape index (κ2) is 4.71. The predicted octanol–water partition coefficient (Wildman–Crippen LogP) is 3.92. The minimum absolute atomic E-state index is 0.0690. The molecule has 0 bridgehead atoms. The molecule has 0 aromatic heterocycles. The lowest BCUT2D eigenvalue weighted by Gasteiger charge is -2.19. The highest BCUT2D eigenvalue weighted by Crippen LogP contribution is 2.39. The summed E-state index contributed by atoms with van der Waals surface area (Å²) < 4.78 is 43.7. The zero-order valence-electron chi connectivity index (χ0n) is 10.3. The Balaban J connectivity index is 2.27. The zero-order chi connectivity index (χ0) is 13.3. The quantitative estimate of drug-likeness (QED) is 0.884. The molecule has 1 N–H and O–H groups in total. The van der Waals surface area contributed by atoms with Gasteiger partial charge in [-0.1, -0.05) is 0 Å². The molecule has 1 unspecified atom stereocenters. The highest BCUT2D eigenvalue weighted by Gasteiger charge is 2.35. The van der Waals surface area contributed by atoms with Gasteiger partial charge < -0.3 is 10.1 Å². The van der Waals surface area contributed by atoms with Gasteiger partial charge in [0.2, 0.25) is 0 Å². The number of methoxy groups -OCH3 is 1. The van der Waals surface area contributed by atoms with E-state index in [9.17, 15) is 13.2 Å². The molecule has 0 aliphatic heterocycles. The third-order valence-corrected chi connectivity index (χ3v) is 3.24. The number of hydrogen-bond acceptors (Lipinski definition) is 2. The molecule has 1 aliphatic rings. The molecule has 18 heavy (non-hydrogen) atoms. The number of alkyl halides is 3. The van der Waals surface area contributed by atoms with Gasteiger partial charge in [-0.25, -0.2) is 0 Å². The second-order valence-corrected chi connectivity index (χ2v) is 4.68. The first-order valence-corrected chi connectivity index (χ1v) is 5.93. The maximum absolute atomic E-state index is 12.9. The van der Waals surface area contributed by atoms with Crippen molar-refractivity contribution in [1.82, 2.24) is 0 Å². The number of benzene rings is 1. The van der Waals surface area contributed by atoms with Crippen molar-refractivity contribution in [3.63, 3.8) is 0 Å². The second-order valence-electron chi connectivity index (χ2n) is 4.68. The van der Waals surface area contributed by atoms with Crippen LogP contribution in [-0.4, -0.2) is 13.2 Å². The molecule has 1 aliphatic carbocycles. The van der Waals surface area contributed by atoms with Gasteiger partial charge in [0, 0.05) is 11.7 Å². The maximum atomic E-state index is 12.9. The molecule has 2 nitrogen and oxygen atoms in total. The lowest BCUT2D eigenvalue weighted by Crippen LogP contribution is -2.20. The molecule has 5 heteroatoms. The first-order valence-electron chi connectivity index (χ1n) is 5.93. The summed E-state index contributed by atoms with van der Waals surface area (Å²) in [4.78, 5) is 0. The van der Waals surface area contributed by atoms with Crippen LogP contribution in [0.4, 0.5) is 18.9 Å². The summed E-state index contributed by atoms with van der Waals surface area (Å²) in [6.45, 7) is 1.92. The molecule has 1 fully saturated rings. The standard InChI is InChI=1S/C13H16F3NO/c1-8(9-3-4-9)17-12-6-5-10(18-2)7-11(12)13(14,15)16/h5-9,17H,3-4H2,1-2H3. The van der Waals surface area contributed by atoms with E-state index < -0.39 is 11.7 Å². The van der Waals surface area contributed by atoms with Crippen molar-refractivity contribution in [3.05, 3.63) is 23.8 Å². The number of hydrogen-bond donors (Lipinski definition) is 1. The normalized spacial score (nSPS) is 17.4. The van der Waals surface area contributed by atoms with Gasteiger partial charge in [0.1, 0.15) is 5.75 Å². The fraction of sp³-hybridized carbons (Fsp3) is 0.538. The van der Waals surface area contributed by atoms with Gasteiger partial charge in [-0.2, -0.15) is 13.2 Å². The predicted molar refractivity (Wildman–Crippen MR) is 63.8 cm³/mol. The minimum atomic E-state index is -4.37. The van der Waals surface area contributed by atoms with Gasteiger partial charge in [-0.3, -0.25) is 0 Å².